The molecule has 2 aromatic rings. The summed E-state index contributed by atoms with van der Waals surface area (Å²) >= 11 is 0. The number of hydrogen-bond donors (Lipinski definition) is 1. The summed E-state index contributed by atoms with van der Waals surface area (Å²) in [5.41, 5.74) is -0.183. The van der Waals surface area contributed by atoms with Crippen molar-refractivity contribution in [1.82, 2.24) is 4.72 Å². The van der Waals surface area contributed by atoms with Crippen LogP contribution in [-0.4, -0.2) is 20.9 Å². The van der Waals surface area contributed by atoms with Gasteiger partial charge in [0, 0.05) is 13.5 Å². The molecule has 0 radical (unpaired) electrons. The molecule has 0 bridgehead atoms. The zero-order chi connectivity index (χ0) is 19.4. The second kappa shape index (κ2) is 7.88. The Morgan fingerprint density at radius 2 is 1.77 bits per heavy atom. The van der Waals surface area contributed by atoms with Crippen LogP contribution in [0.1, 0.15) is 18.1 Å². The van der Waals surface area contributed by atoms with Gasteiger partial charge in [-0.15, -0.1) is 0 Å². The molecule has 0 aromatic heterocycles. The predicted molar refractivity (Wildman–Crippen MR) is 88.1 cm³/mol. The van der Waals surface area contributed by atoms with E-state index in [9.17, 15) is 26.4 Å². The Morgan fingerprint density at radius 1 is 1.12 bits per heavy atom. The molecular weight excluding hydrogens is 371 g/mol. The third kappa shape index (κ3) is 5.57. The van der Waals surface area contributed by atoms with Crippen LogP contribution in [0.25, 0.3) is 0 Å². The quantitative estimate of drug-likeness (QED) is 0.611. The Kier molecular flexibility index (Phi) is 6.04. The summed E-state index contributed by atoms with van der Waals surface area (Å²) < 4.78 is 69.1. The lowest BCUT2D eigenvalue weighted by molar-refractivity contribution is -0.137. The van der Waals surface area contributed by atoms with E-state index in [1.807, 2.05) is 0 Å². The smallest absolute Gasteiger partial charge is 0.416 e. The number of carbonyl (C=O) groups is 1. The van der Waals surface area contributed by atoms with E-state index < -0.39 is 27.7 Å². The first-order valence-corrected chi connectivity index (χ1v) is 9.00. The van der Waals surface area contributed by atoms with Crippen LogP contribution in [0.2, 0.25) is 0 Å². The lowest BCUT2D eigenvalue weighted by Crippen LogP contribution is -2.26. The SMILES string of the molecule is CC(=O)Oc1cccc(CCNS(=O)(=O)c2ccc(C(F)(F)F)cc2)c1. The monoisotopic (exact) mass is 387 g/mol. The molecule has 9 heteroatoms. The van der Waals surface area contributed by atoms with Crippen LogP contribution in [0.3, 0.4) is 0 Å². The van der Waals surface area contributed by atoms with E-state index in [-0.39, 0.29) is 11.4 Å². The standard InChI is InChI=1S/C17H16F3NO4S/c1-12(22)25-15-4-2-3-13(11-15)9-10-21-26(23,24)16-7-5-14(6-8-16)17(18,19)20/h2-8,11,21H,9-10H2,1H3. The summed E-state index contributed by atoms with van der Waals surface area (Å²) in [6, 6.07) is 9.86. The Labute approximate surface area is 148 Å². The van der Waals surface area contributed by atoms with E-state index in [1.165, 1.54) is 6.92 Å². The van der Waals surface area contributed by atoms with Crippen molar-refractivity contribution in [2.45, 2.75) is 24.4 Å². The van der Waals surface area contributed by atoms with Crippen molar-refractivity contribution in [3.05, 3.63) is 59.7 Å². The molecular formula is C17H16F3NO4S. The van der Waals surface area contributed by atoms with E-state index in [1.54, 1.807) is 24.3 Å². The van der Waals surface area contributed by atoms with Crippen LogP contribution < -0.4 is 9.46 Å². The Bertz CT molecular complexity index is 878. The number of halogens is 3. The van der Waals surface area contributed by atoms with E-state index in [2.05, 4.69) is 4.72 Å². The van der Waals surface area contributed by atoms with Crippen LogP contribution >= 0.6 is 0 Å². The number of nitrogens with one attached hydrogen (secondary N) is 1. The maximum Gasteiger partial charge on any atom is 0.416 e. The van der Waals surface area contributed by atoms with Crippen LogP contribution in [0.4, 0.5) is 13.2 Å². The minimum absolute atomic E-state index is 0.0346. The highest BCUT2D eigenvalue weighted by molar-refractivity contribution is 7.89. The third-order valence-corrected chi connectivity index (χ3v) is 4.83. The summed E-state index contributed by atoms with van der Waals surface area (Å²) in [5, 5.41) is 0. The summed E-state index contributed by atoms with van der Waals surface area (Å²) in [5.74, 6) is -0.120. The molecule has 0 heterocycles. The van der Waals surface area contributed by atoms with Crippen molar-refractivity contribution in [1.29, 1.82) is 0 Å². The van der Waals surface area contributed by atoms with Crippen LogP contribution in [0, 0.1) is 0 Å². The third-order valence-electron chi connectivity index (χ3n) is 3.36. The van der Waals surface area contributed by atoms with Crippen molar-refractivity contribution < 1.29 is 31.1 Å². The van der Waals surface area contributed by atoms with Crippen molar-refractivity contribution in [3.63, 3.8) is 0 Å². The van der Waals surface area contributed by atoms with Gasteiger partial charge in [-0.05, 0) is 48.4 Å². The molecule has 0 spiro atoms. The largest absolute Gasteiger partial charge is 0.427 e. The van der Waals surface area contributed by atoms with Gasteiger partial charge in [-0.3, -0.25) is 4.79 Å². The van der Waals surface area contributed by atoms with Gasteiger partial charge in [-0.1, -0.05) is 12.1 Å². The highest BCUT2D eigenvalue weighted by Gasteiger charge is 2.30. The van der Waals surface area contributed by atoms with Gasteiger partial charge < -0.3 is 4.74 Å². The average molecular weight is 387 g/mol. The molecule has 2 rings (SSSR count). The Balaban J connectivity index is 1.99. The van der Waals surface area contributed by atoms with Crippen molar-refractivity contribution in [2.24, 2.45) is 0 Å². The predicted octanol–water partition coefficient (Wildman–Crippen LogP) is 3.15. The molecule has 0 aliphatic carbocycles. The molecule has 0 unspecified atom stereocenters. The summed E-state index contributed by atoms with van der Waals surface area (Å²) in [6.45, 7) is 1.30. The first-order chi connectivity index (χ1) is 12.1. The number of esters is 1. The fraction of sp³-hybridized carbons (Fsp3) is 0.235. The molecule has 0 aliphatic rings. The molecule has 2 aromatic carbocycles. The number of ether oxygens (including phenoxy) is 1. The number of carbonyl (C=O) groups excluding carboxylic acids is 1. The second-order valence-electron chi connectivity index (χ2n) is 5.41. The summed E-state index contributed by atoms with van der Waals surface area (Å²) in [4.78, 5) is 10.7. The van der Waals surface area contributed by atoms with Gasteiger partial charge in [0.05, 0.1) is 10.5 Å². The maximum atomic E-state index is 12.5. The molecule has 0 atom stereocenters. The summed E-state index contributed by atoms with van der Waals surface area (Å²) in [7, 11) is -3.92. The maximum absolute atomic E-state index is 12.5. The zero-order valence-corrected chi connectivity index (χ0v) is 14.5. The number of rotatable bonds is 6. The normalized spacial score (nSPS) is 12.0. The van der Waals surface area contributed by atoms with Gasteiger partial charge in [-0.2, -0.15) is 13.2 Å². The molecule has 26 heavy (non-hydrogen) atoms. The minimum atomic E-state index is -4.53. The topological polar surface area (TPSA) is 72.5 Å². The lowest BCUT2D eigenvalue weighted by atomic mass is 10.1. The van der Waals surface area contributed by atoms with Crippen LogP contribution in [0.15, 0.2) is 53.4 Å². The molecule has 0 saturated heterocycles. The number of hydrogen-bond acceptors (Lipinski definition) is 4. The van der Waals surface area contributed by atoms with Crippen LogP contribution in [-0.2, 0) is 27.4 Å². The number of sulfonamides is 1. The molecule has 0 amide bonds. The number of benzene rings is 2. The van der Waals surface area contributed by atoms with Crippen LogP contribution in [0.5, 0.6) is 5.75 Å². The highest BCUT2D eigenvalue weighted by atomic mass is 32.2. The first-order valence-electron chi connectivity index (χ1n) is 7.52. The molecule has 5 nitrogen and oxygen atoms in total. The molecule has 0 aliphatic heterocycles. The van der Waals surface area contributed by atoms with Crippen molar-refractivity contribution in [2.75, 3.05) is 6.54 Å². The Hall–Kier alpha value is -2.39. The van der Waals surface area contributed by atoms with Gasteiger partial charge in [-0.25, -0.2) is 13.1 Å². The van der Waals surface area contributed by atoms with E-state index in [4.69, 9.17) is 4.74 Å². The zero-order valence-electron chi connectivity index (χ0n) is 13.7. The first kappa shape index (κ1) is 19.9. The van der Waals surface area contributed by atoms with Gasteiger partial charge >= 0.3 is 12.1 Å². The van der Waals surface area contributed by atoms with E-state index in [0.717, 1.165) is 29.8 Å². The minimum Gasteiger partial charge on any atom is -0.427 e. The molecule has 140 valence electrons. The molecule has 0 fully saturated rings. The summed E-state index contributed by atoms with van der Waals surface area (Å²) in [6.07, 6.45) is -4.21. The van der Waals surface area contributed by atoms with Gasteiger partial charge in [0.15, 0.2) is 0 Å². The Morgan fingerprint density at radius 3 is 2.35 bits per heavy atom. The fourth-order valence-electron chi connectivity index (χ4n) is 2.17. The number of alkyl halides is 3. The highest BCUT2D eigenvalue weighted by Crippen LogP contribution is 2.29. The van der Waals surface area contributed by atoms with Crippen molar-refractivity contribution in [3.8, 4) is 5.75 Å². The average Bonchev–Trinajstić information content (AvgIpc) is 2.54. The van der Waals surface area contributed by atoms with Gasteiger partial charge in [0.1, 0.15) is 5.75 Å². The second-order valence-corrected chi connectivity index (χ2v) is 7.18. The lowest BCUT2D eigenvalue weighted by Gasteiger charge is -2.10. The van der Waals surface area contributed by atoms with Gasteiger partial charge in [0.25, 0.3) is 0 Å². The van der Waals surface area contributed by atoms with Crippen molar-refractivity contribution >= 4 is 16.0 Å². The molecule has 0 saturated carbocycles. The van der Waals surface area contributed by atoms with E-state index in [0.29, 0.717) is 12.2 Å². The van der Waals surface area contributed by atoms with E-state index >= 15 is 0 Å². The molecule has 1 N–H and O–H groups in total. The fourth-order valence-corrected chi connectivity index (χ4v) is 3.20. The van der Waals surface area contributed by atoms with Gasteiger partial charge in [0.2, 0.25) is 10.0 Å².